The van der Waals surface area contributed by atoms with E-state index in [0.717, 1.165) is 4.90 Å². The molecule has 112 valence electrons. The molecule has 21 heavy (non-hydrogen) atoms. The van der Waals surface area contributed by atoms with Gasteiger partial charge in [-0.1, -0.05) is 12.1 Å². The second-order valence-corrected chi connectivity index (χ2v) is 5.27. The Hall–Kier alpha value is -2.18. The number of fused-ring (bicyclic) bond motifs is 1. The third kappa shape index (κ3) is 2.81. The molecular formula is C14H14F3N3O. The van der Waals surface area contributed by atoms with Gasteiger partial charge in [0, 0.05) is 11.4 Å². The van der Waals surface area contributed by atoms with Crippen molar-refractivity contribution in [2.75, 3.05) is 12.3 Å². The Morgan fingerprint density at radius 2 is 2.10 bits per heavy atom. The number of aromatic amines is 1. The van der Waals surface area contributed by atoms with Gasteiger partial charge in [0.2, 0.25) is 0 Å². The number of para-hydroxylation sites is 1. The van der Waals surface area contributed by atoms with Gasteiger partial charge >= 0.3 is 6.18 Å². The zero-order valence-electron chi connectivity index (χ0n) is 11.1. The second kappa shape index (κ2) is 4.68. The lowest BCUT2D eigenvalue weighted by Gasteiger charge is -2.23. The van der Waals surface area contributed by atoms with E-state index in [9.17, 15) is 18.0 Å². The van der Waals surface area contributed by atoms with E-state index in [4.69, 9.17) is 5.73 Å². The number of H-pyrrole nitrogens is 1. The fourth-order valence-corrected chi connectivity index (χ4v) is 2.40. The van der Waals surface area contributed by atoms with Crippen LogP contribution >= 0.6 is 0 Å². The molecule has 0 unspecified atom stereocenters. The minimum absolute atomic E-state index is 0.138. The van der Waals surface area contributed by atoms with Crippen LogP contribution < -0.4 is 5.73 Å². The highest BCUT2D eigenvalue weighted by Gasteiger charge is 2.41. The van der Waals surface area contributed by atoms with E-state index < -0.39 is 18.6 Å². The number of aromatic nitrogens is 1. The quantitative estimate of drug-likeness (QED) is 0.856. The first-order chi connectivity index (χ1) is 9.85. The molecule has 3 rings (SSSR count). The van der Waals surface area contributed by atoms with Gasteiger partial charge in [-0.25, -0.2) is 0 Å². The summed E-state index contributed by atoms with van der Waals surface area (Å²) in [5.41, 5.74) is 6.95. The lowest BCUT2D eigenvalue weighted by Crippen LogP contribution is -2.40. The van der Waals surface area contributed by atoms with Gasteiger partial charge in [-0.05, 0) is 25.0 Å². The van der Waals surface area contributed by atoms with Crippen molar-refractivity contribution in [3.05, 3.63) is 30.0 Å². The smallest absolute Gasteiger partial charge is 0.397 e. The Labute approximate surface area is 118 Å². The third-order valence-corrected chi connectivity index (χ3v) is 3.52. The molecule has 2 aromatic rings. The van der Waals surface area contributed by atoms with Crippen molar-refractivity contribution in [2.24, 2.45) is 0 Å². The Morgan fingerprint density at radius 3 is 2.67 bits per heavy atom. The Morgan fingerprint density at radius 1 is 1.38 bits per heavy atom. The van der Waals surface area contributed by atoms with E-state index in [1.807, 2.05) is 0 Å². The van der Waals surface area contributed by atoms with Gasteiger partial charge < -0.3 is 15.6 Å². The van der Waals surface area contributed by atoms with E-state index in [1.54, 1.807) is 24.3 Å². The number of nitrogens with zero attached hydrogens (tertiary/aromatic N) is 1. The number of hydrogen-bond acceptors (Lipinski definition) is 2. The van der Waals surface area contributed by atoms with Crippen molar-refractivity contribution in [1.29, 1.82) is 0 Å². The summed E-state index contributed by atoms with van der Waals surface area (Å²) in [6, 6.07) is 6.38. The van der Waals surface area contributed by atoms with Crippen molar-refractivity contribution < 1.29 is 18.0 Å². The van der Waals surface area contributed by atoms with E-state index in [2.05, 4.69) is 4.98 Å². The summed E-state index contributed by atoms with van der Waals surface area (Å²) >= 11 is 0. The number of halogens is 3. The molecule has 3 N–H and O–H groups in total. The summed E-state index contributed by atoms with van der Waals surface area (Å²) in [4.78, 5) is 16.1. The van der Waals surface area contributed by atoms with Crippen LogP contribution in [-0.4, -0.2) is 34.6 Å². The zero-order valence-corrected chi connectivity index (χ0v) is 11.1. The van der Waals surface area contributed by atoms with Crippen LogP contribution in [0.1, 0.15) is 23.3 Å². The fraction of sp³-hybridized carbons (Fsp3) is 0.357. The molecule has 1 amide bonds. The number of nitrogens with one attached hydrogen (secondary N) is 1. The molecule has 1 fully saturated rings. The standard InChI is InChI=1S/C14H14F3N3O/c15-14(16,17)7-20(9-4-5-9)13(21)11-6-8-2-1-3-10(18)12(8)19-11/h1-3,6,9,19H,4-5,7,18H2. The molecule has 4 nitrogen and oxygen atoms in total. The number of nitrogen functional groups attached to an aromatic ring is 1. The topological polar surface area (TPSA) is 62.1 Å². The van der Waals surface area contributed by atoms with Crippen LogP contribution in [0, 0.1) is 0 Å². The molecule has 1 heterocycles. The van der Waals surface area contributed by atoms with Crippen LogP contribution in [0.15, 0.2) is 24.3 Å². The van der Waals surface area contributed by atoms with Crippen LogP contribution in [0.3, 0.4) is 0 Å². The molecule has 0 saturated heterocycles. The highest BCUT2D eigenvalue weighted by atomic mass is 19.4. The van der Waals surface area contributed by atoms with Crippen LogP contribution in [0.5, 0.6) is 0 Å². The minimum atomic E-state index is -4.40. The number of carbonyl (C=O) groups excluding carboxylic acids is 1. The van der Waals surface area contributed by atoms with E-state index in [1.165, 1.54) is 0 Å². The first-order valence-electron chi connectivity index (χ1n) is 6.60. The van der Waals surface area contributed by atoms with Gasteiger partial charge in [0.15, 0.2) is 0 Å². The molecule has 1 saturated carbocycles. The lowest BCUT2D eigenvalue weighted by atomic mass is 10.2. The number of hydrogen-bond donors (Lipinski definition) is 2. The second-order valence-electron chi connectivity index (χ2n) is 5.27. The number of carbonyl (C=O) groups is 1. The van der Waals surface area contributed by atoms with Gasteiger partial charge in [0.1, 0.15) is 12.2 Å². The van der Waals surface area contributed by atoms with Crippen molar-refractivity contribution in [1.82, 2.24) is 9.88 Å². The van der Waals surface area contributed by atoms with Crippen molar-refractivity contribution >= 4 is 22.5 Å². The first kappa shape index (κ1) is 13.8. The monoisotopic (exact) mass is 297 g/mol. The van der Waals surface area contributed by atoms with Gasteiger partial charge in [-0.3, -0.25) is 4.79 Å². The van der Waals surface area contributed by atoms with Crippen molar-refractivity contribution in [2.45, 2.75) is 25.1 Å². The zero-order chi connectivity index (χ0) is 15.2. The molecule has 1 aliphatic rings. The van der Waals surface area contributed by atoms with Crippen LogP contribution in [0.4, 0.5) is 18.9 Å². The Kier molecular flexibility index (Phi) is 3.07. The summed E-state index contributed by atoms with van der Waals surface area (Å²) in [5.74, 6) is -0.634. The summed E-state index contributed by atoms with van der Waals surface area (Å²) in [6.45, 7) is -1.22. The van der Waals surface area contributed by atoms with Gasteiger partial charge in [0.25, 0.3) is 5.91 Å². The largest absolute Gasteiger partial charge is 0.406 e. The Balaban J connectivity index is 1.92. The van der Waals surface area contributed by atoms with E-state index >= 15 is 0 Å². The lowest BCUT2D eigenvalue weighted by molar-refractivity contribution is -0.141. The highest BCUT2D eigenvalue weighted by Crippen LogP contribution is 2.32. The predicted molar refractivity (Wildman–Crippen MR) is 72.8 cm³/mol. The third-order valence-electron chi connectivity index (χ3n) is 3.52. The van der Waals surface area contributed by atoms with Crippen molar-refractivity contribution in [3.8, 4) is 0 Å². The van der Waals surface area contributed by atoms with Crippen molar-refractivity contribution in [3.63, 3.8) is 0 Å². The molecule has 0 spiro atoms. The maximum Gasteiger partial charge on any atom is 0.406 e. The molecule has 1 aromatic heterocycles. The minimum Gasteiger partial charge on any atom is -0.397 e. The van der Waals surface area contributed by atoms with Gasteiger partial charge in [0.05, 0.1) is 11.2 Å². The number of nitrogens with two attached hydrogens (primary N) is 1. The Bertz CT molecular complexity index is 688. The number of anilines is 1. The average molecular weight is 297 g/mol. The number of benzene rings is 1. The van der Waals surface area contributed by atoms with Crippen LogP contribution in [-0.2, 0) is 0 Å². The fourth-order valence-electron chi connectivity index (χ4n) is 2.40. The highest BCUT2D eigenvalue weighted by molar-refractivity contribution is 6.01. The van der Waals surface area contributed by atoms with Gasteiger partial charge in [-0.15, -0.1) is 0 Å². The van der Waals surface area contributed by atoms with Crippen LogP contribution in [0.2, 0.25) is 0 Å². The predicted octanol–water partition coefficient (Wildman–Crippen LogP) is 2.92. The molecule has 0 bridgehead atoms. The molecule has 0 atom stereocenters. The van der Waals surface area contributed by atoms with E-state index in [0.29, 0.717) is 29.4 Å². The maximum atomic E-state index is 12.6. The summed E-state index contributed by atoms with van der Waals surface area (Å²) in [7, 11) is 0. The van der Waals surface area contributed by atoms with Gasteiger partial charge in [-0.2, -0.15) is 13.2 Å². The number of alkyl halides is 3. The SMILES string of the molecule is Nc1cccc2cc(C(=O)N(CC(F)(F)F)C3CC3)[nH]c12. The molecule has 1 aliphatic carbocycles. The first-order valence-corrected chi connectivity index (χ1v) is 6.60. The average Bonchev–Trinajstić information content (AvgIpc) is 3.13. The molecule has 0 radical (unpaired) electrons. The summed E-state index contributed by atoms with van der Waals surface area (Å²) in [6.07, 6.45) is -3.17. The number of rotatable bonds is 3. The summed E-state index contributed by atoms with van der Waals surface area (Å²) < 4.78 is 37.8. The molecule has 1 aromatic carbocycles. The summed E-state index contributed by atoms with van der Waals surface area (Å²) in [5, 5.41) is 0.709. The molecule has 0 aliphatic heterocycles. The van der Waals surface area contributed by atoms with Crippen LogP contribution in [0.25, 0.3) is 10.9 Å². The number of amides is 1. The normalized spacial score (nSPS) is 15.4. The molecule has 7 heteroatoms. The molecular weight excluding hydrogens is 283 g/mol. The maximum absolute atomic E-state index is 12.6. The van der Waals surface area contributed by atoms with E-state index in [-0.39, 0.29) is 11.7 Å².